The van der Waals surface area contributed by atoms with Crippen molar-refractivity contribution in [2.45, 2.75) is 0 Å². The number of carbonyl (C=O) groups excluding carboxylic acids is 1. The number of hydrogen-bond donors (Lipinski definition) is 0. The molecule has 0 aliphatic heterocycles. The van der Waals surface area contributed by atoms with Crippen LogP contribution in [0.1, 0.15) is 9.67 Å². The van der Waals surface area contributed by atoms with Gasteiger partial charge in [-0.1, -0.05) is 6.07 Å². The zero-order valence-corrected chi connectivity index (χ0v) is 7.95. The second-order valence-corrected chi connectivity index (χ2v) is 3.96. The molecular weight excluding hydrogens is 211 g/mol. The largest absolute Gasteiger partial charge is 0.275 e. The molecule has 0 aliphatic rings. The van der Waals surface area contributed by atoms with E-state index in [-0.39, 0.29) is 5.82 Å². The van der Waals surface area contributed by atoms with Gasteiger partial charge < -0.3 is 0 Å². The molecule has 1 nitrogen and oxygen atoms in total. The van der Waals surface area contributed by atoms with Crippen molar-refractivity contribution in [3.05, 3.63) is 35.0 Å². The summed E-state index contributed by atoms with van der Waals surface area (Å²) in [5.74, 6) is -0.321. The molecule has 0 atom stereocenters. The predicted molar refractivity (Wildman–Crippen MR) is 52.0 cm³/mol. The molecule has 0 radical (unpaired) electrons. The predicted octanol–water partition coefficient (Wildman–Crippen LogP) is 3.42. The van der Waals surface area contributed by atoms with Crippen LogP contribution >= 0.6 is 22.9 Å². The molecular formula is C9H4ClFOS. The Morgan fingerprint density at radius 3 is 2.85 bits per heavy atom. The molecule has 2 aromatic rings. The minimum absolute atomic E-state index is 0.321. The van der Waals surface area contributed by atoms with Crippen molar-refractivity contribution in [2.75, 3.05) is 0 Å². The summed E-state index contributed by atoms with van der Waals surface area (Å²) in [5, 5.41) is -0.0860. The van der Waals surface area contributed by atoms with Gasteiger partial charge in [-0.15, -0.1) is 11.3 Å². The van der Waals surface area contributed by atoms with Gasteiger partial charge in [0.15, 0.2) is 0 Å². The minimum atomic E-state index is -0.541. The Hall–Kier alpha value is -0.930. The van der Waals surface area contributed by atoms with Crippen molar-refractivity contribution in [1.29, 1.82) is 0 Å². The lowest BCUT2D eigenvalue weighted by molar-refractivity contribution is 0.108. The number of thiophene rings is 1. The Labute approximate surface area is 82.7 Å². The SMILES string of the molecule is O=C(Cl)c1cc2c(F)cccc2s1. The van der Waals surface area contributed by atoms with E-state index < -0.39 is 5.24 Å². The number of halogens is 2. The van der Waals surface area contributed by atoms with Gasteiger partial charge in [-0.3, -0.25) is 4.79 Å². The van der Waals surface area contributed by atoms with Gasteiger partial charge in [0.2, 0.25) is 0 Å². The highest BCUT2D eigenvalue weighted by atomic mass is 35.5. The van der Waals surface area contributed by atoms with Gasteiger partial charge in [-0.05, 0) is 29.8 Å². The smallest absolute Gasteiger partial charge is 0.262 e. The van der Waals surface area contributed by atoms with Gasteiger partial charge >= 0.3 is 0 Å². The molecule has 0 saturated heterocycles. The Balaban J connectivity index is 2.75. The summed E-state index contributed by atoms with van der Waals surface area (Å²) in [6.07, 6.45) is 0. The van der Waals surface area contributed by atoms with Crippen LogP contribution < -0.4 is 0 Å². The number of fused-ring (bicyclic) bond motifs is 1. The molecule has 1 heterocycles. The first-order valence-corrected chi connectivity index (χ1v) is 4.76. The maximum Gasteiger partial charge on any atom is 0.262 e. The Kier molecular flexibility index (Phi) is 2.06. The Morgan fingerprint density at radius 2 is 2.23 bits per heavy atom. The van der Waals surface area contributed by atoms with Crippen LogP contribution in [0, 0.1) is 5.82 Å². The quantitative estimate of drug-likeness (QED) is 0.665. The molecule has 0 amide bonds. The number of benzene rings is 1. The molecule has 0 aliphatic carbocycles. The highest BCUT2D eigenvalue weighted by Crippen LogP contribution is 2.28. The third-order valence-electron chi connectivity index (χ3n) is 1.70. The molecule has 1 aromatic carbocycles. The summed E-state index contributed by atoms with van der Waals surface area (Å²) in [7, 11) is 0. The highest BCUT2D eigenvalue weighted by Gasteiger charge is 2.09. The average Bonchev–Trinajstić information content (AvgIpc) is 2.49. The van der Waals surface area contributed by atoms with Crippen LogP contribution in [-0.2, 0) is 0 Å². The first kappa shape index (κ1) is 8.66. The summed E-state index contributed by atoms with van der Waals surface area (Å²) in [5.41, 5.74) is 0. The summed E-state index contributed by atoms with van der Waals surface area (Å²) in [6.45, 7) is 0. The van der Waals surface area contributed by atoms with E-state index >= 15 is 0 Å². The van der Waals surface area contributed by atoms with E-state index in [0.717, 1.165) is 4.70 Å². The molecule has 1 aromatic heterocycles. The van der Waals surface area contributed by atoms with E-state index in [1.54, 1.807) is 12.1 Å². The maximum atomic E-state index is 13.1. The summed E-state index contributed by atoms with van der Waals surface area (Å²) >= 11 is 6.47. The summed E-state index contributed by atoms with van der Waals surface area (Å²) < 4.78 is 13.9. The lowest BCUT2D eigenvalue weighted by Crippen LogP contribution is -1.79. The molecule has 66 valence electrons. The molecule has 0 fully saturated rings. The molecule has 0 spiro atoms. The second-order valence-electron chi connectivity index (χ2n) is 2.54. The summed E-state index contributed by atoms with van der Waals surface area (Å²) in [6, 6.07) is 6.20. The van der Waals surface area contributed by atoms with Gasteiger partial charge in [0.05, 0.1) is 4.88 Å². The van der Waals surface area contributed by atoms with Crippen molar-refractivity contribution in [2.24, 2.45) is 0 Å². The fourth-order valence-corrected chi connectivity index (χ4v) is 2.20. The Bertz CT molecular complexity index is 477. The third-order valence-corrected chi connectivity index (χ3v) is 3.12. The first-order valence-electron chi connectivity index (χ1n) is 3.56. The zero-order chi connectivity index (χ0) is 9.42. The minimum Gasteiger partial charge on any atom is -0.275 e. The van der Waals surface area contributed by atoms with Crippen molar-refractivity contribution < 1.29 is 9.18 Å². The van der Waals surface area contributed by atoms with Gasteiger partial charge in [0.1, 0.15) is 5.82 Å². The Morgan fingerprint density at radius 1 is 1.46 bits per heavy atom. The first-order chi connectivity index (χ1) is 6.18. The van der Waals surface area contributed by atoms with Crippen LogP contribution in [-0.4, -0.2) is 5.24 Å². The lowest BCUT2D eigenvalue weighted by atomic mass is 10.2. The van der Waals surface area contributed by atoms with Gasteiger partial charge in [-0.2, -0.15) is 0 Å². The fraction of sp³-hybridized carbons (Fsp3) is 0. The van der Waals surface area contributed by atoms with E-state index in [9.17, 15) is 9.18 Å². The maximum absolute atomic E-state index is 13.1. The van der Waals surface area contributed by atoms with Crippen LogP contribution in [0.3, 0.4) is 0 Å². The van der Waals surface area contributed by atoms with Crippen LogP contribution in [0.5, 0.6) is 0 Å². The van der Waals surface area contributed by atoms with Crippen LogP contribution in [0.4, 0.5) is 4.39 Å². The standard InChI is InChI=1S/C9H4ClFOS/c10-9(12)8-4-5-6(11)2-1-3-7(5)13-8/h1-4H. The lowest BCUT2D eigenvalue weighted by Gasteiger charge is -1.87. The van der Waals surface area contributed by atoms with Gasteiger partial charge in [0.25, 0.3) is 5.24 Å². The van der Waals surface area contributed by atoms with Crippen LogP contribution in [0.25, 0.3) is 10.1 Å². The summed E-state index contributed by atoms with van der Waals surface area (Å²) in [4.78, 5) is 11.2. The molecule has 4 heteroatoms. The normalized spacial score (nSPS) is 10.6. The van der Waals surface area contributed by atoms with Crippen LogP contribution in [0.2, 0.25) is 0 Å². The fourth-order valence-electron chi connectivity index (χ4n) is 1.12. The molecule has 0 bridgehead atoms. The van der Waals surface area contributed by atoms with Crippen molar-refractivity contribution >= 4 is 38.3 Å². The van der Waals surface area contributed by atoms with E-state index in [1.165, 1.54) is 23.5 Å². The zero-order valence-electron chi connectivity index (χ0n) is 6.38. The van der Waals surface area contributed by atoms with Crippen molar-refractivity contribution in [3.8, 4) is 0 Å². The van der Waals surface area contributed by atoms with Crippen molar-refractivity contribution in [3.63, 3.8) is 0 Å². The topological polar surface area (TPSA) is 17.1 Å². The van der Waals surface area contributed by atoms with E-state index in [2.05, 4.69) is 0 Å². The monoisotopic (exact) mass is 214 g/mol. The molecule has 13 heavy (non-hydrogen) atoms. The average molecular weight is 215 g/mol. The second kappa shape index (κ2) is 3.09. The van der Waals surface area contributed by atoms with Gasteiger partial charge in [-0.25, -0.2) is 4.39 Å². The highest BCUT2D eigenvalue weighted by molar-refractivity contribution is 7.22. The van der Waals surface area contributed by atoms with E-state index in [0.29, 0.717) is 10.3 Å². The number of rotatable bonds is 1. The van der Waals surface area contributed by atoms with E-state index in [4.69, 9.17) is 11.6 Å². The van der Waals surface area contributed by atoms with Crippen LogP contribution in [0.15, 0.2) is 24.3 Å². The number of carbonyl (C=O) groups is 1. The van der Waals surface area contributed by atoms with Gasteiger partial charge in [0, 0.05) is 10.1 Å². The third kappa shape index (κ3) is 1.45. The molecule has 2 rings (SSSR count). The van der Waals surface area contributed by atoms with Crippen molar-refractivity contribution in [1.82, 2.24) is 0 Å². The number of hydrogen-bond acceptors (Lipinski definition) is 2. The molecule has 0 unspecified atom stereocenters. The molecule has 0 saturated carbocycles. The molecule has 0 N–H and O–H groups in total. The van der Waals surface area contributed by atoms with E-state index in [1.807, 2.05) is 0 Å².